The molecule has 13 heavy (non-hydrogen) atoms. The Hall–Kier alpha value is -1.25. The van der Waals surface area contributed by atoms with Crippen molar-refractivity contribution in [1.29, 1.82) is 0 Å². The van der Waals surface area contributed by atoms with Gasteiger partial charge in [-0.1, -0.05) is 6.92 Å². The molecule has 0 heterocycles. The minimum Gasteiger partial charge on any atom is -0.299 e. The highest BCUT2D eigenvalue weighted by Gasteiger charge is 2.29. The molecule has 0 N–H and O–H groups in total. The molecule has 1 aliphatic rings. The van der Waals surface area contributed by atoms with E-state index in [0.717, 1.165) is 6.07 Å². The number of fused-ring (bicyclic) bond motifs is 1. The fourth-order valence-corrected chi connectivity index (χ4v) is 1.70. The van der Waals surface area contributed by atoms with Gasteiger partial charge in [0.2, 0.25) is 0 Å². The van der Waals surface area contributed by atoms with E-state index in [1.165, 1.54) is 6.07 Å². The molecular weight excluding hydrogens is 174 g/mol. The van der Waals surface area contributed by atoms with Gasteiger partial charge in [0.05, 0.1) is 0 Å². The molecule has 0 spiro atoms. The predicted octanol–water partition coefficient (Wildman–Crippen LogP) is 2.19. The maximum atomic E-state index is 13.1. The van der Waals surface area contributed by atoms with Crippen LogP contribution in [0.2, 0.25) is 0 Å². The van der Waals surface area contributed by atoms with Crippen LogP contribution in [0, 0.1) is 11.6 Å². The van der Waals surface area contributed by atoms with Crippen molar-refractivity contribution in [3.05, 3.63) is 34.9 Å². The maximum Gasteiger partial charge on any atom is 0.144 e. The molecule has 1 aliphatic carbocycles. The van der Waals surface area contributed by atoms with E-state index >= 15 is 0 Å². The first-order valence-electron chi connectivity index (χ1n) is 4.10. The van der Waals surface area contributed by atoms with Crippen LogP contribution in [0.1, 0.15) is 24.0 Å². The molecular formula is C10H8F2O. The lowest BCUT2D eigenvalue weighted by Crippen LogP contribution is -2.00. The zero-order valence-electron chi connectivity index (χ0n) is 7.10. The third kappa shape index (κ3) is 1.15. The van der Waals surface area contributed by atoms with Gasteiger partial charge >= 0.3 is 0 Å². The van der Waals surface area contributed by atoms with Crippen LogP contribution >= 0.6 is 0 Å². The second-order valence-electron chi connectivity index (χ2n) is 3.32. The second-order valence-corrected chi connectivity index (χ2v) is 3.32. The largest absolute Gasteiger partial charge is 0.299 e. The molecule has 1 unspecified atom stereocenters. The van der Waals surface area contributed by atoms with Gasteiger partial charge in [0.1, 0.15) is 17.4 Å². The zero-order valence-corrected chi connectivity index (χ0v) is 7.10. The number of hydrogen-bond donors (Lipinski definition) is 0. The van der Waals surface area contributed by atoms with E-state index < -0.39 is 11.6 Å². The summed E-state index contributed by atoms with van der Waals surface area (Å²) in [5.41, 5.74) is 0.862. The van der Waals surface area contributed by atoms with Gasteiger partial charge < -0.3 is 0 Å². The van der Waals surface area contributed by atoms with Gasteiger partial charge in [-0.3, -0.25) is 4.79 Å². The highest BCUT2D eigenvalue weighted by atomic mass is 19.1. The predicted molar refractivity (Wildman–Crippen MR) is 43.5 cm³/mol. The van der Waals surface area contributed by atoms with Crippen molar-refractivity contribution in [3.63, 3.8) is 0 Å². The molecule has 0 saturated heterocycles. The summed E-state index contributed by atoms with van der Waals surface area (Å²) in [6, 6.07) is 2.07. The Labute approximate surface area is 74.4 Å². The molecule has 0 aromatic heterocycles. The molecule has 0 aliphatic heterocycles. The normalized spacial score (nSPS) is 20.5. The molecule has 1 atom stereocenters. The first-order chi connectivity index (χ1) is 6.09. The third-order valence-corrected chi connectivity index (χ3v) is 2.50. The Morgan fingerprint density at radius 2 is 2.08 bits per heavy atom. The van der Waals surface area contributed by atoms with Gasteiger partial charge in [-0.2, -0.15) is 0 Å². The van der Waals surface area contributed by atoms with Crippen LogP contribution in [0.15, 0.2) is 12.1 Å². The van der Waals surface area contributed by atoms with Crippen molar-refractivity contribution >= 4 is 5.78 Å². The van der Waals surface area contributed by atoms with Crippen LogP contribution in [0.3, 0.4) is 0 Å². The highest BCUT2D eigenvalue weighted by molar-refractivity contribution is 5.92. The minimum atomic E-state index is -0.613. The number of carbonyl (C=O) groups is 1. The first kappa shape index (κ1) is 8.35. The molecule has 0 radical (unpaired) electrons. The average molecular weight is 182 g/mol. The summed E-state index contributed by atoms with van der Waals surface area (Å²) in [5, 5.41) is 0. The molecule has 1 aromatic carbocycles. The monoisotopic (exact) mass is 182 g/mol. The Balaban J connectivity index is 2.63. The summed E-state index contributed by atoms with van der Waals surface area (Å²) in [5.74, 6) is -1.62. The lowest BCUT2D eigenvalue weighted by molar-refractivity contribution is -0.118. The molecule has 1 nitrogen and oxygen atoms in total. The number of hydrogen-bond acceptors (Lipinski definition) is 1. The summed E-state index contributed by atoms with van der Waals surface area (Å²) in [4.78, 5) is 11.2. The van der Waals surface area contributed by atoms with Gasteiger partial charge in [0, 0.05) is 18.4 Å². The molecule has 2 rings (SSSR count). The SMILES string of the molecule is CC1C(=O)Cc2c(F)cc(F)cc21. The summed E-state index contributed by atoms with van der Waals surface area (Å²) >= 11 is 0. The summed E-state index contributed by atoms with van der Waals surface area (Å²) < 4.78 is 25.9. The van der Waals surface area contributed by atoms with Crippen molar-refractivity contribution in [3.8, 4) is 0 Å². The number of ketones is 1. The number of carbonyl (C=O) groups excluding carboxylic acids is 1. The van der Waals surface area contributed by atoms with Crippen LogP contribution in [0.25, 0.3) is 0 Å². The quantitative estimate of drug-likeness (QED) is 0.601. The smallest absolute Gasteiger partial charge is 0.144 e. The highest BCUT2D eigenvalue weighted by Crippen LogP contribution is 2.32. The third-order valence-electron chi connectivity index (χ3n) is 2.50. The Kier molecular flexibility index (Phi) is 1.68. The van der Waals surface area contributed by atoms with Gasteiger partial charge in [0.15, 0.2) is 0 Å². The molecule has 68 valence electrons. The zero-order chi connectivity index (χ0) is 9.59. The van der Waals surface area contributed by atoms with E-state index in [1.807, 2.05) is 0 Å². The van der Waals surface area contributed by atoms with Crippen LogP contribution in [0.4, 0.5) is 8.78 Å². The van der Waals surface area contributed by atoms with E-state index in [9.17, 15) is 13.6 Å². The van der Waals surface area contributed by atoms with Crippen molar-refractivity contribution in [1.82, 2.24) is 0 Å². The Bertz CT molecular complexity index is 385. The lowest BCUT2D eigenvalue weighted by Gasteiger charge is -2.03. The second kappa shape index (κ2) is 2.62. The Morgan fingerprint density at radius 1 is 1.38 bits per heavy atom. The number of halogens is 2. The summed E-state index contributed by atoms with van der Waals surface area (Å²) in [6.07, 6.45) is 0.0998. The van der Waals surface area contributed by atoms with E-state index in [4.69, 9.17) is 0 Å². The summed E-state index contributed by atoms with van der Waals surface area (Å²) in [7, 11) is 0. The van der Waals surface area contributed by atoms with Crippen molar-refractivity contribution in [2.24, 2.45) is 0 Å². The van der Waals surface area contributed by atoms with Gasteiger partial charge in [-0.05, 0) is 17.2 Å². The fraction of sp³-hybridized carbons (Fsp3) is 0.300. The molecule has 0 amide bonds. The van der Waals surface area contributed by atoms with Crippen LogP contribution in [-0.2, 0) is 11.2 Å². The maximum absolute atomic E-state index is 13.1. The average Bonchev–Trinajstić information content (AvgIpc) is 2.32. The van der Waals surface area contributed by atoms with Gasteiger partial charge in [-0.15, -0.1) is 0 Å². The van der Waals surface area contributed by atoms with Gasteiger partial charge in [0.25, 0.3) is 0 Å². The van der Waals surface area contributed by atoms with Crippen LogP contribution < -0.4 is 0 Å². The van der Waals surface area contributed by atoms with Crippen molar-refractivity contribution < 1.29 is 13.6 Å². The number of Topliss-reactive ketones (excluding diaryl/α,β-unsaturated/α-hetero) is 1. The minimum absolute atomic E-state index is 0.0421. The number of rotatable bonds is 0. The van der Waals surface area contributed by atoms with E-state index in [2.05, 4.69) is 0 Å². The standard InChI is InChI=1S/C10H8F2O/c1-5-7-2-6(11)3-9(12)8(7)4-10(5)13/h2-3,5H,4H2,1H3. The summed E-state index contributed by atoms with van der Waals surface area (Å²) in [6.45, 7) is 1.67. The van der Waals surface area contributed by atoms with Crippen LogP contribution in [-0.4, -0.2) is 5.78 Å². The first-order valence-corrected chi connectivity index (χ1v) is 4.10. The van der Waals surface area contributed by atoms with E-state index in [0.29, 0.717) is 11.1 Å². The Morgan fingerprint density at radius 3 is 2.77 bits per heavy atom. The molecule has 1 aromatic rings. The topological polar surface area (TPSA) is 17.1 Å². The fourth-order valence-electron chi connectivity index (χ4n) is 1.70. The van der Waals surface area contributed by atoms with Gasteiger partial charge in [-0.25, -0.2) is 8.78 Å². The van der Waals surface area contributed by atoms with E-state index in [-0.39, 0.29) is 18.1 Å². The molecule has 0 fully saturated rings. The molecule has 0 bridgehead atoms. The molecule has 0 saturated carbocycles. The van der Waals surface area contributed by atoms with Crippen molar-refractivity contribution in [2.45, 2.75) is 19.3 Å². The molecule has 3 heteroatoms. The number of benzene rings is 1. The van der Waals surface area contributed by atoms with Crippen molar-refractivity contribution in [2.75, 3.05) is 0 Å². The van der Waals surface area contributed by atoms with Crippen LogP contribution in [0.5, 0.6) is 0 Å². The lowest BCUT2D eigenvalue weighted by atomic mass is 10.0. The van der Waals surface area contributed by atoms with E-state index in [1.54, 1.807) is 6.92 Å².